The highest BCUT2D eigenvalue weighted by Crippen LogP contribution is 2.24. The van der Waals surface area contributed by atoms with Gasteiger partial charge in [-0.05, 0) is 25.3 Å². The van der Waals surface area contributed by atoms with E-state index in [9.17, 15) is 14.7 Å². The maximum absolute atomic E-state index is 12.5. The second-order valence-corrected chi connectivity index (χ2v) is 8.57. The Balaban J connectivity index is 1.77. The number of cyclic esters (lactones) is 1. The molecule has 178 valence electrons. The highest BCUT2D eigenvalue weighted by Gasteiger charge is 2.32. The molecule has 1 heterocycles. The Morgan fingerprint density at radius 2 is 1.62 bits per heavy atom. The number of hydrogen-bond acceptors (Lipinski definition) is 5. The number of carbonyl (C=O) groups excluding carboxylic acids is 2. The molecular formula is C26H39NO5. The molecule has 1 aromatic carbocycles. The summed E-state index contributed by atoms with van der Waals surface area (Å²) in [6.45, 7) is 4.11. The van der Waals surface area contributed by atoms with Gasteiger partial charge in [0.15, 0.2) is 0 Å². The number of rotatable bonds is 15. The van der Waals surface area contributed by atoms with Gasteiger partial charge in [0.2, 0.25) is 6.29 Å². The summed E-state index contributed by atoms with van der Waals surface area (Å²) in [6.07, 6.45) is 11.2. The number of aliphatic hydroxyl groups excluding tert-OH is 1. The number of unbranched alkanes of at least 4 members (excludes halogenated alkanes) is 9. The number of esters is 1. The number of amides is 1. The van der Waals surface area contributed by atoms with E-state index in [0.29, 0.717) is 12.0 Å². The SMILES string of the molecule is CCCCCCCCCCCCC(OC(=O)NC(C)c1ccccc1)C1=CC(=O)OC1O. The van der Waals surface area contributed by atoms with Gasteiger partial charge in [-0.25, -0.2) is 9.59 Å². The number of hydrogen-bond donors (Lipinski definition) is 2. The van der Waals surface area contributed by atoms with Crippen molar-refractivity contribution in [2.45, 2.75) is 103 Å². The standard InChI is InChI=1S/C26H39NO5/c1-3-4-5-6-7-8-9-10-11-15-18-23(22-19-24(28)32-25(22)29)31-26(30)27-20(2)21-16-13-12-14-17-21/h12-14,16-17,19-20,23,25,29H,3-11,15,18H2,1-2H3,(H,27,30). The van der Waals surface area contributed by atoms with Gasteiger partial charge in [-0.15, -0.1) is 0 Å². The second kappa shape index (κ2) is 14.7. The van der Waals surface area contributed by atoms with Crippen LogP contribution in [0.3, 0.4) is 0 Å². The molecule has 2 N–H and O–H groups in total. The van der Waals surface area contributed by atoms with Gasteiger partial charge >= 0.3 is 12.1 Å². The molecule has 6 nitrogen and oxygen atoms in total. The molecule has 3 unspecified atom stereocenters. The normalized spacial score (nSPS) is 17.4. The summed E-state index contributed by atoms with van der Waals surface area (Å²) in [6, 6.07) is 9.39. The number of nitrogens with one attached hydrogen (secondary N) is 1. The fourth-order valence-corrected chi connectivity index (χ4v) is 3.95. The van der Waals surface area contributed by atoms with E-state index >= 15 is 0 Å². The van der Waals surface area contributed by atoms with E-state index in [0.717, 1.165) is 24.8 Å². The van der Waals surface area contributed by atoms with Gasteiger partial charge in [0.25, 0.3) is 0 Å². The molecule has 1 aliphatic heterocycles. The van der Waals surface area contributed by atoms with Crippen molar-refractivity contribution in [2.24, 2.45) is 0 Å². The predicted molar refractivity (Wildman–Crippen MR) is 125 cm³/mol. The van der Waals surface area contributed by atoms with E-state index in [1.54, 1.807) is 0 Å². The molecule has 0 radical (unpaired) electrons. The van der Waals surface area contributed by atoms with Gasteiger partial charge in [-0.3, -0.25) is 0 Å². The van der Waals surface area contributed by atoms with Gasteiger partial charge in [0.05, 0.1) is 6.04 Å². The first-order chi connectivity index (χ1) is 15.5. The van der Waals surface area contributed by atoms with Crippen LogP contribution >= 0.6 is 0 Å². The minimum Gasteiger partial charge on any atom is -0.441 e. The minimum absolute atomic E-state index is 0.220. The summed E-state index contributed by atoms with van der Waals surface area (Å²) >= 11 is 0. The van der Waals surface area contributed by atoms with Crippen LogP contribution in [-0.4, -0.2) is 29.6 Å². The summed E-state index contributed by atoms with van der Waals surface area (Å²) in [7, 11) is 0. The molecule has 0 spiro atoms. The van der Waals surface area contributed by atoms with Gasteiger partial charge < -0.3 is 19.9 Å². The average molecular weight is 446 g/mol. The Hall–Kier alpha value is -2.34. The molecular weight excluding hydrogens is 406 g/mol. The monoisotopic (exact) mass is 445 g/mol. The van der Waals surface area contributed by atoms with Crippen LogP contribution < -0.4 is 5.32 Å². The summed E-state index contributed by atoms with van der Waals surface area (Å²) < 4.78 is 10.4. The lowest BCUT2D eigenvalue weighted by Crippen LogP contribution is -2.33. The average Bonchev–Trinajstić information content (AvgIpc) is 3.12. The highest BCUT2D eigenvalue weighted by molar-refractivity contribution is 5.86. The van der Waals surface area contributed by atoms with Crippen LogP contribution in [0.2, 0.25) is 0 Å². The summed E-state index contributed by atoms with van der Waals surface area (Å²) in [5.74, 6) is -0.609. The third kappa shape index (κ3) is 9.43. The van der Waals surface area contributed by atoms with Crippen LogP contribution in [0, 0.1) is 0 Å². The largest absolute Gasteiger partial charge is 0.441 e. The summed E-state index contributed by atoms with van der Waals surface area (Å²) in [5, 5.41) is 12.9. The summed E-state index contributed by atoms with van der Waals surface area (Å²) in [5.41, 5.74) is 1.28. The topological polar surface area (TPSA) is 84.9 Å². The zero-order chi connectivity index (χ0) is 23.2. The molecule has 0 bridgehead atoms. The molecule has 3 atom stereocenters. The molecule has 1 aromatic rings. The molecule has 6 heteroatoms. The van der Waals surface area contributed by atoms with Crippen LogP contribution in [0.5, 0.6) is 0 Å². The Morgan fingerprint density at radius 3 is 2.19 bits per heavy atom. The van der Waals surface area contributed by atoms with E-state index in [-0.39, 0.29) is 6.04 Å². The lowest BCUT2D eigenvalue weighted by Gasteiger charge is -2.22. The smallest absolute Gasteiger partial charge is 0.408 e. The Morgan fingerprint density at radius 1 is 1.03 bits per heavy atom. The molecule has 1 aliphatic rings. The minimum atomic E-state index is -1.35. The lowest BCUT2D eigenvalue weighted by molar-refractivity contribution is -0.152. The van der Waals surface area contributed by atoms with Crippen molar-refractivity contribution in [1.82, 2.24) is 5.32 Å². The van der Waals surface area contributed by atoms with Crippen molar-refractivity contribution >= 4 is 12.1 Å². The fraction of sp³-hybridized carbons (Fsp3) is 0.615. The maximum Gasteiger partial charge on any atom is 0.408 e. The quantitative estimate of drug-likeness (QED) is 0.257. The van der Waals surface area contributed by atoms with Gasteiger partial charge in [0, 0.05) is 11.6 Å². The maximum atomic E-state index is 12.5. The molecule has 1 amide bonds. The highest BCUT2D eigenvalue weighted by atomic mass is 16.6. The van der Waals surface area contributed by atoms with Crippen LogP contribution in [0.15, 0.2) is 42.0 Å². The van der Waals surface area contributed by atoms with E-state index in [1.165, 1.54) is 51.0 Å². The Kier molecular flexibility index (Phi) is 11.9. The molecule has 32 heavy (non-hydrogen) atoms. The van der Waals surface area contributed by atoms with Crippen molar-refractivity contribution in [3.63, 3.8) is 0 Å². The van der Waals surface area contributed by atoms with Gasteiger partial charge in [0.1, 0.15) is 6.10 Å². The number of aliphatic hydroxyl groups is 1. The first kappa shape index (κ1) is 25.9. The van der Waals surface area contributed by atoms with Crippen molar-refractivity contribution in [3.8, 4) is 0 Å². The van der Waals surface area contributed by atoms with Gasteiger partial charge in [-0.1, -0.05) is 95.0 Å². The second-order valence-electron chi connectivity index (χ2n) is 8.57. The molecule has 0 saturated heterocycles. The van der Waals surface area contributed by atoms with Crippen LogP contribution in [-0.2, 0) is 14.3 Å². The van der Waals surface area contributed by atoms with Crippen LogP contribution in [0.4, 0.5) is 4.79 Å². The molecule has 0 aliphatic carbocycles. The number of benzene rings is 1. The third-order valence-corrected chi connectivity index (χ3v) is 5.87. The number of alkyl carbamates (subject to hydrolysis) is 1. The van der Waals surface area contributed by atoms with Crippen molar-refractivity contribution in [2.75, 3.05) is 0 Å². The Labute approximate surface area is 192 Å². The van der Waals surface area contributed by atoms with E-state index < -0.39 is 24.5 Å². The third-order valence-electron chi connectivity index (χ3n) is 5.87. The molecule has 0 aromatic heterocycles. The number of carbonyl (C=O) groups is 2. The first-order valence-corrected chi connectivity index (χ1v) is 12.1. The lowest BCUT2D eigenvalue weighted by atomic mass is 10.0. The molecule has 0 fully saturated rings. The van der Waals surface area contributed by atoms with E-state index in [4.69, 9.17) is 9.47 Å². The zero-order valence-electron chi connectivity index (χ0n) is 19.6. The molecule has 2 rings (SSSR count). The summed E-state index contributed by atoms with van der Waals surface area (Å²) in [4.78, 5) is 24.0. The molecule has 0 saturated carbocycles. The zero-order valence-corrected chi connectivity index (χ0v) is 19.6. The first-order valence-electron chi connectivity index (χ1n) is 12.1. The van der Waals surface area contributed by atoms with Crippen molar-refractivity contribution < 1.29 is 24.2 Å². The van der Waals surface area contributed by atoms with Crippen molar-refractivity contribution in [1.29, 1.82) is 0 Å². The number of ether oxygens (including phenoxy) is 2. The van der Waals surface area contributed by atoms with Crippen LogP contribution in [0.25, 0.3) is 0 Å². The van der Waals surface area contributed by atoms with Crippen LogP contribution in [0.1, 0.15) is 96.1 Å². The van der Waals surface area contributed by atoms with E-state index in [1.807, 2.05) is 37.3 Å². The fourth-order valence-electron chi connectivity index (χ4n) is 3.95. The predicted octanol–water partition coefficient (Wildman–Crippen LogP) is 5.96. The van der Waals surface area contributed by atoms with Crippen molar-refractivity contribution in [3.05, 3.63) is 47.5 Å². The van der Waals surface area contributed by atoms with Gasteiger partial charge in [-0.2, -0.15) is 0 Å². The van der Waals surface area contributed by atoms with E-state index in [2.05, 4.69) is 12.2 Å². The Bertz CT molecular complexity index is 718.